The zero-order valence-electron chi connectivity index (χ0n) is 23.4. The summed E-state index contributed by atoms with van der Waals surface area (Å²) in [5.74, 6) is 1.71. The summed E-state index contributed by atoms with van der Waals surface area (Å²) in [4.78, 5) is 9.30. The lowest BCUT2D eigenvalue weighted by molar-refractivity contribution is 0.509. The molecule has 2 nitrogen and oxygen atoms in total. The van der Waals surface area contributed by atoms with Gasteiger partial charge < -0.3 is 0 Å². The molecule has 0 N–H and O–H groups in total. The van der Waals surface area contributed by atoms with Crippen molar-refractivity contribution in [1.82, 2.24) is 9.97 Å². The number of hydrogen-bond donors (Lipinski definition) is 0. The Morgan fingerprint density at radius 2 is 1.00 bits per heavy atom. The minimum Gasteiger partial charge on any atom is -0.236 e. The summed E-state index contributed by atoms with van der Waals surface area (Å²) in [6.07, 6.45) is 29.8. The van der Waals surface area contributed by atoms with Gasteiger partial charge in [0.15, 0.2) is 5.82 Å². The van der Waals surface area contributed by atoms with E-state index < -0.39 is 0 Å². The topological polar surface area (TPSA) is 25.8 Å². The average Bonchev–Trinajstić information content (AvgIpc) is 2.87. The second kappa shape index (κ2) is 19.5. The number of aromatic nitrogens is 2. The van der Waals surface area contributed by atoms with Gasteiger partial charge in [0.1, 0.15) is 0 Å². The van der Waals surface area contributed by atoms with Crippen LogP contribution < -0.4 is 0 Å². The SMILES string of the molecule is CCCCCCCCCCCc1cnc(-c2ccc(CCCCCCCCCC(C)C)cc2)nc1. The summed E-state index contributed by atoms with van der Waals surface area (Å²) < 4.78 is 0. The van der Waals surface area contributed by atoms with Crippen LogP contribution in [-0.2, 0) is 12.8 Å². The van der Waals surface area contributed by atoms with Crippen LogP contribution in [0.15, 0.2) is 36.7 Å². The minimum absolute atomic E-state index is 0.852. The summed E-state index contributed by atoms with van der Waals surface area (Å²) >= 11 is 0. The molecule has 0 fully saturated rings. The summed E-state index contributed by atoms with van der Waals surface area (Å²) in [6, 6.07) is 8.92. The smallest absolute Gasteiger partial charge is 0.159 e. The fourth-order valence-corrected chi connectivity index (χ4v) is 4.86. The Kier molecular flexibility index (Phi) is 16.4. The fourth-order valence-electron chi connectivity index (χ4n) is 4.86. The van der Waals surface area contributed by atoms with Crippen molar-refractivity contribution >= 4 is 0 Å². The zero-order chi connectivity index (χ0) is 25.0. The highest BCUT2D eigenvalue weighted by Gasteiger charge is 2.03. The number of aryl methyl sites for hydroxylation is 2. The molecule has 2 aromatic rings. The van der Waals surface area contributed by atoms with Gasteiger partial charge in [-0.1, -0.05) is 141 Å². The maximum absolute atomic E-state index is 4.65. The average molecular weight is 479 g/mol. The van der Waals surface area contributed by atoms with E-state index in [-0.39, 0.29) is 0 Å². The molecule has 1 aromatic carbocycles. The largest absolute Gasteiger partial charge is 0.236 e. The van der Waals surface area contributed by atoms with Gasteiger partial charge in [0.25, 0.3) is 0 Å². The molecule has 0 amide bonds. The molecular weight excluding hydrogens is 424 g/mol. The van der Waals surface area contributed by atoms with Gasteiger partial charge >= 0.3 is 0 Å². The molecule has 1 aromatic heterocycles. The number of benzene rings is 1. The molecule has 0 bridgehead atoms. The van der Waals surface area contributed by atoms with E-state index in [0.717, 1.165) is 23.7 Å². The van der Waals surface area contributed by atoms with Crippen molar-refractivity contribution in [2.24, 2.45) is 5.92 Å². The molecule has 0 unspecified atom stereocenters. The van der Waals surface area contributed by atoms with Crippen LogP contribution in [0.2, 0.25) is 0 Å². The Balaban J connectivity index is 1.56. The molecule has 0 saturated heterocycles. The van der Waals surface area contributed by atoms with Crippen LogP contribution in [0.5, 0.6) is 0 Å². The molecule has 2 rings (SSSR count). The highest BCUT2D eigenvalue weighted by atomic mass is 14.9. The van der Waals surface area contributed by atoms with E-state index in [1.807, 2.05) is 12.4 Å². The first kappa shape index (κ1) is 29.5. The Labute approximate surface area is 217 Å². The first-order chi connectivity index (χ1) is 17.2. The third-order valence-electron chi connectivity index (χ3n) is 7.23. The lowest BCUT2D eigenvalue weighted by Gasteiger charge is -2.06. The van der Waals surface area contributed by atoms with Crippen LogP contribution in [0.25, 0.3) is 11.4 Å². The molecule has 0 radical (unpaired) electrons. The number of unbranched alkanes of at least 4 members (excludes halogenated alkanes) is 14. The molecular formula is C33H54N2. The third kappa shape index (κ3) is 14.5. The van der Waals surface area contributed by atoms with Gasteiger partial charge in [-0.15, -0.1) is 0 Å². The van der Waals surface area contributed by atoms with Crippen LogP contribution in [-0.4, -0.2) is 9.97 Å². The molecule has 0 aliphatic heterocycles. The predicted octanol–water partition coefficient (Wildman–Crippen LogP) is 10.5. The van der Waals surface area contributed by atoms with Crippen molar-refractivity contribution in [2.45, 2.75) is 143 Å². The summed E-state index contributed by atoms with van der Waals surface area (Å²) in [7, 11) is 0. The van der Waals surface area contributed by atoms with Crippen LogP contribution in [0.1, 0.15) is 141 Å². The Bertz CT molecular complexity index is 733. The minimum atomic E-state index is 0.852. The van der Waals surface area contributed by atoms with Gasteiger partial charge in [0.05, 0.1) is 0 Å². The number of nitrogens with zero attached hydrogens (tertiary/aromatic N) is 2. The standard InChI is InChI=1S/C33H54N2/c1-4-5-6-7-8-9-12-16-19-22-31-27-34-33(35-28-31)32-25-23-30(24-26-32)21-18-15-13-10-11-14-17-20-29(2)3/h23-29H,4-22H2,1-3H3. The van der Waals surface area contributed by atoms with E-state index in [1.165, 1.54) is 127 Å². The molecule has 2 heteroatoms. The van der Waals surface area contributed by atoms with Crippen molar-refractivity contribution in [1.29, 1.82) is 0 Å². The summed E-state index contributed by atoms with van der Waals surface area (Å²) in [5, 5.41) is 0. The molecule has 0 spiro atoms. The fraction of sp³-hybridized carbons (Fsp3) is 0.697. The summed E-state index contributed by atoms with van der Waals surface area (Å²) in [6.45, 7) is 6.94. The molecule has 0 atom stereocenters. The second-order valence-corrected chi connectivity index (χ2v) is 11.1. The van der Waals surface area contributed by atoms with Crippen molar-refractivity contribution in [3.8, 4) is 11.4 Å². The molecule has 0 aliphatic carbocycles. The number of hydrogen-bond acceptors (Lipinski definition) is 2. The molecule has 0 saturated carbocycles. The van der Waals surface area contributed by atoms with Crippen LogP contribution in [0.4, 0.5) is 0 Å². The van der Waals surface area contributed by atoms with E-state index in [0.29, 0.717) is 0 Å². The third-order valence-corrected chi connectivity index (χ3v) is 7.23. The van der Waals surface area contributed by atoms with Crippen LogP contribution in [0, 0.1) is 5.92 Å². The van der Waals surface area contributed by atoms with Gasteiger partial charge in [0, 0.05) is 18.0 Å². The van der Waals surface area contributed by atoms with E-state index in [4.69, 9.17) is 0 Å². The normalized spacial score (nSPS) is 11.4. The van der Waals surface area contributed by atoms with Gasteiger partial charge in [-0.2, -0.15) is 0 Å². The van der Waals surface area contributed by atoms with Gasteiger partial charge in [-0.3, -0.25) is 0 Å². The zero-order valence-corrected chi connectivity index (χ0v) is 23.4. The molecule has 35 heavy (non-hydrogen) atoms. The predicted molar refractivity (Wildman–Crippen MR) is 154 cm³/mol. The van der Waals surface area contributed by atoms with Gasteiger partial charge in [-0.05, 0) is 42.7 Å². The maximum Gasteiger partial charge on any atom is 0.159 e. The molecule has 1 heterocycles. The van der Waals surface area contributed by atoms with Crippen LogP contribution in [0.3, 0.4) is 0 Å². The Hall–Kier alpha value is -1.70. The quantitative estimate of drug-likeness (QED) is 0.167. The molecule has 196 valence electrons. The van der Waals surface area contributed by atoms with E-state index in [2.05, 4.69) is 55.0 Å². The number of rotatable bonds is 21. The summed E-state index contributed by atoms with van der Waals surface area (Å²) in [5.41, 5.74) is 3.84. The van der Waals surface area contributed by atoms with E-state index >= 15 is 0 Å². The second-order valence-electron chi connectivity index (χ2n) is 11.1. The Morgan fingerprint density at radius 3 is 1.51 bits per heavy atom. The van der Waals surface area contributed by atoms with Crippen molar-refractivity contribution in [3.05, 3.63) is 47.8 Å². The highest BCUT2D eigenvalue weighted by molar-refractivity contribution is 5.55. The maximum atomic E-state index is 4.65. The van der Waals surface area contributed by atoms with Gasteiger partial charge in [0.2, 0.25) is 0 Å². The first-order valence-corrected chi connectivity index (χ1v) is 15.1. The lowest BCUT2D eigenvalue weighted by atomic mass is 10.0. The van der Waals surface area contributed by atoms with Crippen molar-refractivity contribution < 1.29 is 0 Å². The van der Waals surface area contributed by atoms with Crippen molar-refractivity contribution in [2.75, 3.05) is 0 Å². The van der Waals surface area contributed by atoms with E-state index in [9.17, 15) is 0 Å². The van der Waals surface area contributed by atoms with E-state index in [1.54, 1.807) is 0 Å². The monoisotopic (exact) mass is 478 g/mol. The van der Waals surface area contributed by atoms with Crippen molar-refractivity contribution in [3.63, 3.8) is 0 Å². The van der Waals surface area contributed by atoms with Crippen LogP contribution >= 0.6 is 0 Å². The lowest BCUT2D eigenvalue weighted by Crippen LogP contribution is -1.94. The van der Waals surface area contributed by atoms with Gasteiger partial charge in [-0.25, -0.2) is 9.97 Å². The Morgan fingerprint density at radius 1 is 0.543 bits per heavy atom. The highest BCUT2D eigenvalue weighted by Crippen LogP contribution is 2.18. The molecule has 0 aliphatic rings. The first-order valence-electron chi connectivity index (χ1n) is 15.1.